The zero-order chi connectivity index (χ0) is 22.1. The first kappa shape index (κ1) is 23.0. The van der Waals surface area contributed by atoms with Crippen molar-refractivity contribution in [3.63, 3.8) is 0 Å². The quantitative estimate of drug-likeness (QED) is 0.369. The Morgan fingerprint density at radius 3 is 2.58 bits per heavy atom. The maximum Gasteiger partial charge on any atom is 0.260 e. The second kappa shape index (κ2) is 11.6. The number of carbonyl (C=O) groups is 1. The van der Waals surface area contributed by atoms with Gasteiger partial charge in [-0.2, -0.15) is 4.98 Å². The van der Waals surface area contributed by atoms with Crippen LogP contribution in [0.2, 0.25) is 0 Å². The van der Waals surface area contributed by atoms with E-state index in [-0.39, 0.29) is 24.7 Å². The van der Waals surface area contributed by atoms with Crippen molar-refractivity contribution in [1.82, 2.24) is 9.97 Å². The van der Waals surface area contributed by atoms with Gasteiger partial charge in [0.15, 0.2) is 0 Å². The average Bonchev–Trinajstić information content (AvgIpc) is 2.77. The Morgan fingerprint density at radius 1 is 1.16 bits per heavy atom. The predicted molar refractivity (Wildman–Crippen MR) is 123 cm³/mol. The molecule has 2 aromatic rings. The van der Waals surface area contributed by atoms with Crippen LogP contribution in [0.1, 0.15) is 61.4 Å². The number of hydrogen-bond acceptors (Lipinski definition) is 7. The molecule has 168 valence electrons. The lowest BCUT2D eigenvalue weighted by atomic mass is 9.93. The number of benzene rings is 1. The van der Waals surface area contributed by atoms with Crippen LogP contribution in [0.15, 0.2) is 30.5 Å². The monoisotopic (exact) mass is 427 g/mol. The number of unbranched alkanes of at least 4 members (excludes halogenated alkanes) is 1. The third kappa shape index (κ3) is 6.90. The molecule has 1 aromatic heterocycles. The van der Waals surface area contributed by atoms with Crippen LogP contribution in [-0.2, 0) is 6.42 Å². The van der Waals surface area contributed by atoms with E-state index in [4.69, 9.17) is 5.11 Å². The Balaban J connectivity index is 1.75. The average molecular weight is 428 g/mol. The molecule has 0 bridgehead atoms. The summed E-state index contributed by atoms with van der Waals surface area (Å²) >= 11 is 0. The summed E-state index contributed by atoms with van der Waals surface area (Å²) < 4.78 is 0. The first-order chi connectivity index (χ1) is 15.1. The number of aliphatic hydroxyl groups is 2. The number of carbonyl (C=O) groups excluding carboxylic acids is 1. The van der Waals surface area contributed by atoms with E-state index in [2.05, 4.69) is 32.8 Å². The van der Waals surface area contributed by atoms with Crippen molar-refractivity contribution in [3.8, 4) is 0 Å². The van der Waals surface area contributed by atoms with Crippen LogP contribution in [-0.4, -0.2) is 51.4 Å². The Hall–Kier alpha value is -2.71. The first-order valence-electron chi connectivity index (χ1n) is 11.2. The fourth-order valence-corrected chi connectivity index (χ4v) is 3.62. The van der Waals surface area contributed by atoms with E-state index in [1.165, 1.54) is 0 Å². The van der Waals surface area contributed by atoms with Gasteiger partial charge in [-0.05, 0) is 56.2 Å². The lowest BCUT2D eigenvalue weighted by Crippen LogP contribution is -2.30. The minimum absolute atomic E-state index is 0.0922. The van der Waals surface area contributed by atoms with E-state index >= 15 is 0 Å². The van der Waals surface area contributed by atoms with Gasteiger partial charge in [0, 0.05) is 31.1 Å². The zero-order valence-electron chi connectivity index (χ0n) is 18.1. The SMILES string of the molecule is CCCCNc1ncc(C(=O)Nc2ccc(CCO)cc2)c(N[C@H]2CC[C@H](O)CC2)n1. The summed E-state index contributed by atoms with van der Waals surface area (Å²) in [7, 11) is 0. The van der Waals surface area contributed by atoms with E-state index in [0.717, 1.165) is 50.6 Å². The van der Waals surface area contributed by atoms with Crippen molar-refractivity contribution in [2.24, 2.45) is 0 Å². The van der Waals surface area contributed by atoms with Crippen molar-refractivity contribution in [2.45, 2.75) is 64.0 Å². The molecule has 0 spiro atoms. The van der Waals surface area contributed by atoms with E-state index < -0.39 is 0 Å². The molecular formula is C23H33N5O3. The van der Waals surface area contributed by atoms with Crippen molar-refractivity contribution >= 4 is 23.4 Å². The maximum absolute atomic E-state index is 13.0. The van der Waals surface area contributed by atoms with Gasteiger partial charge in [0.1, 0.15) is 11.4 Å². The van der Waals surface area contributed by atoms with Crippen LogP contribution in [0.5, 0.6) is 0 Å². The highest BCUT2D eigenvalue weighted by Crippen LogP contribution is 2.24. The topological polar surface area (TPSA) is 119 Å². The molecule has 5 N–H and O–H groups in total. The minimum Gasteiger partial charge on any atom is -0.396 e. The molecule has 1 saturated carbocycles. The normalized spacial score (nSPS) is 18.4. The summed E-state index contributed by atoms with van der Waals surface area (Å²) in [6.45, 7) is 2.99. The van der Waals surface area contributed by atoms with Crippen LogP contribution in [0.25, 0.3) is 0 Å². The zero-order valence-corrected chi connectivity index (χ0v) is 18.1. The molecule has 3 rings (SSSR count). The molecule has 1 fully saturated rings. The van der Waals surface area contributed by atoms with Gasteiger partial charge in [-0.3, -0.25) is 4.79 Å². The van der Waals surface area contributed by atoms with Gasteiger partial charge < -0.3 is 26.2 Å². The number of nitrogens with one attached hydrogen (secondary N) is 3. The fraction of sp³-hybridized carbons (Fsp3) is 0.522. The Kier molecular flexibility index (Phi) is 8.61. The molecule has 0 unspecified atom stereocenters. The van der Waals surface area contributed by atoms with Gasteiger partial charge in [0.05, 0.1) is 6.10 Å². The molecule has 8 nitrogen and oxygen atoms in total. The van der Waals surface area contributed by atoms with E-state index in [1.54, 1.807) is 6.20 Å². The highest BCUT2D eigenvalue weighted by molar-refractivity contribution is 6.07. The molecule has 0 radical (unpaired) electrons. The number of nitrogens with zero attached hydrogens (tertiary/aromatic N) is 2. The number of amides is 1. The first-order valence-corrected chi connectivity index (χ1v) is 11.2. The highest BCUT2D eigenvalue weighted by Gasteiger charge is 2.22. The van der Waals surface area contributed by atoms with Crippen LogP contribution in [0, 0.1) is 0 Å². The number of aromatic nitrogens is 2. The van der Waals surface area contributed by atoms with Gasteiger partial charge in [-0.1, -0.05) is 25.5 Å². The predicted octanol–water partition coefficient (Wildman–Crippen LogP) is 3.19. The smallest absolute Gasteiger partial charge is 0.260 e. The molecule has 0 saturated heterocycles. The molecule has 0 aliphatic heterocycles. The minimum atomic E-state index is -0.284. The van der Waals surface area contributed by atoms with Gasteiger partial charge in [0.2, 0.25) is 5.95 Å². The Labute approximate surface area is 183 Å². The molecule has 31 heavy (non-hydrogen) atoms. The molecular weight excluding hydrogens is 394 g/mol. The summed E-state index contributed by atoms with van der Waals surface area (Å²) in [5.74, 6) is 0.717. The second-order valence-electron chi connectivity index (χ2n) is 8.01. The third-order valence-electron chi connectivity index (χ3n) is 5.50. The highest BCUT2D eigenvalue weighted by atomic mass is 16.3. The largest absolute Gasteiger partial charge is 0.396 e. The summed E-state index contributed by atoms with van der Waals surface area (Å²) in [6.07, 6.45) is 7.12. The third-order valence-corrected chi connectivity index (χ3v) is 5.50. The summed E-state index contributed by atoms with van der Waals surface area (Å²) in [5, 5.41) is 28.3. The van der Waals surface area contributed by atoms with Crippen LogP contribution in [0.4, 0.5) is 17.5 Å². The molecule has 8 heteroatoms. The van der Waals surface area contributed by atoms with E-state index in [1.807, 2.05) is 24.3 Å². The Morgan fingerprint density at radius 2 is 1.90 bits per heavy atom. The standard InChI is InChI=1S/C23H33N5O3/c1-2-3-13-24-23-25-15-20(21(28-23)26-17-8-10-19(30)11-9-17)22(31)27-18-6-4-16(5-7-18)12-14-29/h4-7,15,17,19,29-30H,2-3,8-14H2,1H3,(H,27,31)(H2,24,25,26,28)/t17-,19-. The van der Waals surface area contributed by atoms with Crippen molar-refractivity contribution < 1.29 is 15.0 Å². The number of rotatable bonds is 10. The van der Waals surface area contributed by atoms with Crippen LogP contribution in [0.3, 0.4) is 0 Å². The molecule has 0 atom stereocenters. The molecule has 1 heterocycles. The van der Waals surface area contributed by atoms with Gasteiger partial charge >= 0.3 is 0 Å². The van der Waals surface area contributed by atoms with Gasteiger partial charge in [0.25, 0.3) is 5.91 Å². The van der Waals surface area contributed by atoms with Gasteiger partial charge in [-0.25, -0.2) is 4.98 Å². The number of aliphatic hydroxyl groups excluding tert-OH is 2. The lowest BCUT2D eigenvalue weighted by Gasteiger charge is -2.27. The molecule has 1 aliphatic carbocycles. The fourth-order valence-electron chi connectivity index (χ4n) is 3.62. The number of anilines is 3. The molecule has 1 aromatic carbocycles. The van der Waals surface area contributed by atoms with E-state index in [9.17, 15) is 9.90 Å². The summed E-state index contributed by atoms with van der Waals surface area (Å²) in [6, 6.07) is 7.57. The molecule has 1 aliphatic rings. The van der Waals surface area contributed by atoms with E-state index in [0.29, 0.717) is 29.4 Å². The van der Waals surface area contributed by atoms with Gasteiger partial charge in [-0.15, -0.1) is 0 Å². The van der Waals surface area contributed by atoms with Crippen molar-refractivity contribution in [2.75, 3.05) is 29.1 Å². The second-order valence-corrected chi connectivity index (χ2v) is 8.01. The summed E-state index contributed by atoms with van der Waals surface area (Å²) in [5.41, 5.74) is 2.06. The summed E-state index contributed by atoms with van der Waals surface area (Å²) in [4.78, 5) is 21.9. The lowest BCUT2D eigenvalue weighted by molar-refractivity contribution is 0.102. The van der Waals surface area contributed by atoms with Crippen molar-refractivity contribution in [1.29, 1.82) is 0 Å². The molecule has 1 amide bonds. The van der Waals surface area contributed by atoms with Crippen molar-refractivity contribution in [3.05, 3.63) is 41.6 Å². The van der Waals surface area contributed by atoms with Crippen LogP contribution < -0.4 is 16.0 Å². The Bertz CT molecular complexity index is 836. The number of hydrogen-bond donors (Lipinski definition) is 5. The maximum atomic E-state index is 13.0. The van der Waals surface area contributed by atoms with Crippen LogP contribution >= 0.6 is 0 Å².